The number of aromatic nitrogens is 1. The van der Waals surface area contributed by atoms with Crippen LogP contribution in [0.25, 0.3) is 0 Å². The van der Waals surface area contributed by atoms with Crippen LogP contribution in [-0.2, 0) is 7.05 Å². The first kappa shape index (κ1) is 15.1. The van der Waals surface area contributed by atoms with Gasteiger partial charge in [-0.2, -0.15) is 0 Å². The molecule has 0 spiro atoms. The van der Waals surface area contributed by atoms with E-state index in [4.69, 9.17) is 17.3 Å². The van der Waals surface area contributed by atoms with Gasteiger partial charge in [-0.1, -0.05) is 23.1 Å². The second kappa shape index (κ2) is 5.61. The number of nitrogens with two attached hydrogens (primary N) is 1. The van der Waals surface area contributed by atoms with E-state index in [1.165, 1.54) is 25.4 Å². The van der Waals surface area contributed by atoms with Crippen LogP contribution in [-0.4, -0.2) is 18.3 Å². The molecule has 0 unspecified atom stereocenters. The number of primary amides is 1. The topological polar surface area (TPSA) is 77.1 Å². The van der Waals surface area contributed by atoms with Crippen molar-refractivity contribution in [2.24, 2.45) is 12.8 Å². The number of anilines is 2. The predicted molar refractivity (Wildman–Crippen MR) is 83.1 cm³/mol. The van der Waals surface area contributed by atoms with Gasteiger partial charge < -0.3 is 15.6 Å². The van der Waals surface area contributed by atoms with Crippen LogP contribution < -0.4 is 22.1 Å². The van der Waals surface area contributed by atoms with Gasteiger partial charge in [-0.15, -0.1) is 0 Å². The number of carbonyl (C=O) groups is 1. The second-order valence-corrected chi connectivity index (χ2v) is 5.00. The minimum absolute atomic E-state index is 0.00192. The van der Waals surface area contributed by atoms with E-state index in [0.717, 1.165) is 10.0 Å². The van der Waals surface area contributed by atoms with Gasteiger partial charge in [0.25, 0.3) is 11.5 Å². The number of carbonyl (C=O) groups excluding carboxylic acids is 1. The first-order valence-corrected chi connectivity index (χ1v) is 6.41. The Kier molecular flexibility index (Phi) is 4.04. The highest BCUT2D eigenvalue weighted by molar-refractivity contribution is 6.34. The number of benzene rings is 1. The van der Waals surface area contributed by atoms with Gasteiger partial charge in [0.05, 0.1) is 16.9 Å². The van der Waals surface area contributed by atoms with E-state index in [0.29, 0.717) is 0 Å². The molecule has 1 amide bonds. The zero-order valence-electron chi connectivity index (χ0n) is 11.4. The average Bonchev–Trinajstić information content (AvgIpc) is 2.41. The van der Waals surface area contributed by atoms with Gasteiger partial charge >= 0.3 is 0 Å². The van der Waals surface area contributed by atoms with Gasteiger partial charge in [-0.25, -0.2) is 4.39 Å². The summed E-state index contributed by atoms with van der Waals surface area (Å²) in [5.41, 5.74) is 5.59. The van der Waals surface area contributed by atoms with Gasteiger partial charge in [0, 0.05) is 13.2 Å². The number of pyridine rings is 1. The number of halogens is 2. The summed E-state index contributed by atoms with van der Waals surface area (Å²) in [5, 5.41) is 2.44. The largest absolute Gasteiger partial charge is 0.365 e. The third kappa shape index (κ3) is 2.92. The molecule has 0 aliphatic rings. The van der Waals surface area contributed by atoms with Crippen molar-refractivity contribution in [1.82, 2.24) is 4.57 Å². The van der Waals surface area contributed by atoms with E-state index in [2.05, 4.69) is 5.32 Å². The van der Waals surface area contributed by atoms with Crippen LogP contribution in [0.5, 0.6) is 0 Å². The lowest BCUT2D eigenvalue weighted by Gasteiger charge is -2.14. The van der Waals surface area contributed by atoms with E-state index in [9.17, 15) is 14.0 Å². The Morgan fingerprint density at radius 2 is 2.14 bits per heavy atom. The van der Waals surface area contributed by atoms with Gasteiger partial charge in [-0.3, -0.25) is 9.59 Å². The molecular weight excluding hydrogens is 295 g/mol. The molecule has 0 aliphatic heterocycles. The SMILES string of the molecule is Bc1ccc(Nc2c(C(N)=O)cn(C)c(=O)c2Cl)c(F)c1. The molecule has 5 nitrogen and oxygen atoms in total. The molecule has 3 N–H and O–H groups in total. The van der Waals surface area contributed by atoms with Crippen molar-refractivity contribution < 1.29 is 9.18 Å². The van der Waals surface area contributed by atoms with Crippen molar-refractivity contribution in [3.05, 3.63) is 51.2 Å². The Bertz CT molecular complexity index is 792. The van der Waals surface area contributed by atoms with E-state index in [1.54, 1.807) is 13.9 Å². The zero-order valence-corrected chi connectivity index (χ0v) is 12.2. The summed E-state index contributed by atoms with van der Waals surface area (Å²) in [7, 11) is 3.18. The van der Waals surface area contributed by atoms with Crippen LogP contribution in [0.1, 0.15) is 10.4 Å². The summed E-state index contributed by atoms with van der Waals surface area (Å²) in [6.45, 7) is 0. The fraction of sp³-hybridized carbons (Fsp3) is 0.0769. The smallest absolute Gasteiger partial charge is 0.271 e. The maximum Gasteiger partial charge on any atom is 0.271 e. The summed E-state index contributed by atoms with van der Waals surface area (Å²) in [4.78, 5) is 23.3. The maximum absolute atomic E-state index is 13.9. The summed E-state index contributed by atoms with van der Waals surface area (Å²) in [6.07, 6.45) is 1.25. The highest BCUT2D eigenvalue weighted by Gasteiger charge is 2.18. The molecule has 0 fully saturated rings. The van der Waals surface area contributed by atoms with E-state index in [-0.39, 0.29) is 22.0 Å². The van der Waals surface area contributed by atoms with Gasteiger partial charge in [0.1, 0.15) is 18.7 Å². The summed E-state index contributed by atoms with van der Waals surface area (Å²) >= 11 is 5.96. The van der Waals surface area contributed by atoms with Crippen molar-refractivity contribution >= 4 is 42.2 Å². The van der Waals surface area contributed by atoms with Crippen molar-refractivity contribution in [3.63, 3.8) is 0 Å². The maximum atomic E-state index is 13.9. The number of nitrogens with zero attached hydrogens (tertiary/aromatic N) is 1. The lowest BCUT2D eigenvalue weighted by Crippen LogP contribution is -2.23. The first-order chi connectivity index (χ1) is 9.81. The molecule has 8 heteroatoms. The Hall–Kier alpha value is -2.28. The quantitative estimate of drug-likeness (QED) is 0.800. The van der Waals surface area contributed by atoms with Gasteiger partial charge in [-0.05, 0) is 12.1 Å². The molecule has 1 aromatic heterocycles. The number of rotatable bonds is 3. The van der Waals surface area contributed by atoms with Crippen LogP contribution in [0.15, 0.2) is 29.2 Å². The van der Waals surface area contributed by atoms with E-state index >= 15 is 0 Å². The molecule has 0 saturated carbocycles. The fourth-order valence-electron chi connectivity index (χ4n) is 1.86. The number of aryl methyl sites for hydroxylation is 1. The molecule has 1 heterocycles. The zero-order chi connectivity index (χ0) is 15.7. The van der Waals surface area contributed by atoms with Gasteiger partial charge in [0.15, 0.2) is 0 Å². The van der Waals surface area contributed by atoms with Crippen LogP contribution in [0, 0.1) is 5.82 Å². The fourth-order valence-corrected chi connectivity index (χ4v) is 2.14. The molecule has 1 aromatic carbocycles. The van der Waals surface area contributed by atoms with Crippen molar-refractivity contribution in [1.29, 1.82) is 0 Å². The van der Waals surface area contributed by atoms with Crippen LogP contribution in [0.4, 0.5) is 15.8 Å². The lowest BCUT2D eigenvalue weighted by atomic mass is 9.96. The monoisotopic (exact) mass is 307 g/mol. The van der Waals surface area contributed by atoms with Crippen LogP contribution >= 0.6 is 11.6 Å². The number of amides is 1. The third-order valence-corrected chi connectivity index (χ3v) is 3.32. The van der Waals surface area contributed by atoms with E-state index in [1.807, 2.05) is 0 Å². The highest BCUT2D eigenvalue weighted by Crippen LogP contribution is 2.27. The Morgan fingerprint density at radius 1 is 1.48 bits per heavy atom. The van der Waals surface area contributed by atoms with Gasteiger partial charge in [0.2, 0.25) is 0 Å². The number of nitrogens with one attached hydrogen (secondary N) is 1. The summed E-state index contributed by atoms with van der Waals surface area (Å²) < 4.78 is 15.0. The van der Waals surface area contributed by atoms with Crippen LogP contribution in [0.2, 0.25) is 5.02 Å². The Balaban J connectivity index is 2.60. The first-order valence-electron chi connectivity index (χ1n) is 6.03. The van der Waals surface area contributed by atoms with Crippen molar-refractivity contribution in [2.45, 2.75) is 0 Å². The molecule has 0 atom stereocenters. The summed E-state index contributed by atoms with van der Waals surface area (Å²) in [6, 6.07) is 4.49. The lowest BCUT2D eigenvalue weighted by molar-refractivity contribution is 0.100. The Morgan fingerprint density at radius 3 is 2.71 bits per heavy atom. The van der Waals surface area contributed by atoms with Crippen molar-refractivity contribution in [2.75, 3.05) is 5.32 Å². The molecule has 108 valence electrons. The standard InChI is InChI=1S/C13H12BClFN3O2/c1-19-5-7(12(17)20)11(10(15)13(19)21)18-9-3-2-6(14)4-8(9)16/h2-5,18H,14H2,1H3,(H2,17,20). The second-order valence-electron chi connectivity index (χ2n) is 4.62. The predicted octanol–water partition coefficient (Wildman–Crippen LogP) is 0.279. The normalized spacial score (nSPS) is 10.4. The summed E-state index contributed by atoms with van der Waals surface area (Å²) in [5.74, 6) is -1.30. The number of hydrogen-bond acceptors (Lipinski definition) is 3. The number of hydrogen-bond donors (Lipinski definition) is 2. The highest BCUT2D eigenvalue weighted by atomic mass is 35.5. The van der Waals surface area contributed by atoms with Crippen molar-refractivity contribution in [3.8, 4) is 0 Å². The Labute approximate surface area is 125 Å². The average molecular weight is 308 g/mol. The molecule has 2 aromatic rings. The molecule has 0 bridgehead atoms. The molecule has 0 radical (unpaired) electrons. The van der Waals surface area contributed by atoms with Crippen LogP contribution in [0.3, 0.4) is 0 Å². The molecule has 0 saturated heterocycles. The minimum Gasteiger partial charge on any atom is -0.365 e. The molecule has 0 aliphatic carbocycles. The molecule has 2 rings (SSSR count). The van der Waals surface area contributed by atoms with E-state index < -0.39 is 17.3 Å². The minimum atomic E-state index is -0.775. The molecule has 21 heavy (non-hydrogen) atoms. The molecular formula is C13H12BClFN3O2. The third-order valence-electron chi connectivity index (χ3n) is 2.97.